The zero-order valence-corrected chi connectivity index (χ0v) is 10.0. The molecule has 1 aromatic rings. The first kappa shape index (κ1) is 13.1. The second-order valence-corrected chi connectivity index (χ2v) is 4.06. The maximum Gasteiger partial charge on any atom is 0.322 e. The molecule has 88 valence electrons. The molecule has 0 saturated heterocycles. The highest BCUT2D eigenvalue weighted by atomic mass is 35.5. The number of methoxy groups -OCH3 is 1. The molecule has 1 rings (SSSR count). The van der Waals surface area contributed by atoms with Crippen molar-refractivity contribution in [3.05, 3.63) is 27.7 Å². The van der Waals surface area contributed by atoms with Crippen molar-refractivity contribution < 1.29 is 14.6 Å². The Morgan fingerprint density at radius 2 is 2.00 bits per heavy atom. The van der Waals surface area contributed by atoms with E-state index in [0.717, 1.165) is 0 Å². The molecule has 0 aliphatic carbocycles. The average molecular weight is 264 g/mol. The van der Waals surface area contributed by atoms with Gasteiger partial charge >= 0.3 is 5.97 Å². The predicted molar refractivity (Wildman–Crippen MR) is 61.8 cm³/mol. The maximum absolute atomic E-state index is 11.1. The first-order valence-corrected chi connectivity index (χ1v) is 5.21. The van der Waals surface area contributed by atoms with Crippen LogP contribution in [0.3, 0.4) is 0 Å². The number of carbonyl (C=O) groups is 1. The summed E-state index contributed by atoms with van der Waals surface area (Å²) in [7, 11) is 1.26. The topological polar surface area (TPSA) is 72.5 Å². The van der Waals surface area contributed by atoms with E-state index < -0.39 is 12.0 Å². The van der Waals surface area contributed by atoms with Gasteiger partial charge in [0.05, 0.1) is 17.2 Å². The number of aromatic hydroxyl groups is 1. The molecule has 0 bridgehead atoms. The molecule has 0 fully saturated rings. The van der Waals surface area contributed by atoms with Crippen LogP contribution in [0.25, 0.3) is 0 Å². The van der Waals surface area contributed by atoms with Gasteiger partial charge in [-0.1, -0.05) is 23.2 Å². The Kier molecular flexibility index (Phi) is 4.41. The third-order valence-corrected chi connectivity index (χ3v) is 2.61. The third-order valence-electron chi connectivity index (χ3n) is 2.04. The molecule has 0 aliphatic rings. The monoisotopic (exact) mass is 263 g/mol. The maximum atomic E-state index is 11.1. The standard InChI is InChI=1S/C10H11Cl2NO3/c1-16-10(15)8(13)4-5-2-6(11)9(14)7(12)3-5/h2-3,8,14H,4,13H2,1H3/t8-/m0/s1. The van der Waals surface area contributed by atoms with E-state index in [-0.39, 0.29) is 22.2 Å². The molecule has 3 N–H and O–H groups in total. The van der Waals surface area contributed by atoms with Gasteiger partial charge in [-0.05, 0) is 24.1 Å². The minimum absolute atomic E-state index is 0.125. The number of hydrogen-bond acceptors (Lipinski definition) is 4. The van der Waals surface area contributed by atoms with Crippen LogP contribution in [0.1, 0.15) is 5.56 Å². The van der Waals surface area contributed by atoms with Gasteiger partial charge in [-0.15, -0.1) is 0 Å². The van der Waals surface area contributed by atoms with Crippen LogP contribution >= 0.6 is 23.2 Å². The number of rotatable bonds is 3. The van der Waals surface area contributed by atoms with Crippen molar-refractivity contribution in [3.8, 4) is 5.75 Å². The van der Waals surface area contributed by atoms with Gasteiger partial charge in [-0.25, -0.2) is 0 Å². The summed E-state index contributed by atoms with van der Waals surface area (Å²) in [6.45, 7) is 0. The fourth-order valence-corrected chi connectivity index (χ4v) is 1.76. The fraction of sp³-hybridized carbons (Fsp3) is 0.300. The zero-order chi connectivity index (χ0) is 12.3. The highest BCUT2D eigenvalue weighted by Gasteiger charge is 2.16. The van der Waals surface area contributed by atoms with Crippen molar-refractivity contribution >= 4 is 29.2 Å². The number of nitrogens with two attached hydrogens (primary N) is 1. The molecule has 4 nitrogen and oxygen atoms in total. The van der Waals surface area contributed by atoms with E-state index in [1.54, 1.807) is 0 Å². The summed E-state index contributed by atoms with van der Waals surface area (Å²) < 4.78 is 4.49. The number of ether oxygens (including phenoxy) is 1. The van der Waals surface area contributed by atoms with E-state index in [2.05, 4.69) is 4.74 Å². The average Bonchev–Trinajstić information content (AvgIpc) is 2.24. The second kappa shape index (κ2) is 5.39. The lowest BCUT2D eigenvalue weighted by molar-refractivity contribution is -0.142. The van der Waals surface area contributed by atoms with Gasteiger partial charge in [0.1, 0.15) is 6.04 Å². The van der Waals surface area contributed by atoms with Crippen LogP contribution < -0.4 is 5.73 Å². The Labute approximate surface area is 103 Å². The van der Waals surface area contributed by atoms with Gasteiger partial charge < -0.3 is 15.6 Å². The smallest absolute Gasteiger partial charge is 0.322 e. The Balaban J connectivity index is 2.86. The van der Waals surface area contributed by atoms with Gasteiger partial charge in [0, 0.05) is 0 Å². The van der Waals surface area contributed by atoms with E-state index in [1.807, 2.05) is 0 Å². The number of halogens is 2. The predicted octanol–water partition coefficient (Wildman–Crippen LogP) is 1.74. The number of phenols is 1. The van der Waals surface area contributed by atoms with Crippen LogP contribution in [0.5, 0.6) is 5.75 Å². The third kappa shape index (κ3) is 3.01. The van der Waals surface area contributed by atoms with Gasteiger partial charge in [0.25, 0.3) is 0 Å². The van der Waals surface area contributed by atoms with Crippen molar-refractivity contribution in [1.82, 2.24) is 0 Å². The van der Waals surface area contributed by atoms with Crippen molar-refractivity contribution in [3.63, 3.8) is 0 Å². The molecule has 0 saturated carbocycles. The summed E-state index contributed by atoms with van der Waals surface area (Å²) in [5.41, 5.74) is 6.23. The summed E-state index contributed by atoms with van der Waals surface area (Å²) in [5, 5.41) is 9.58. The van der Waals surface area contributed by atoms with Crippen LogP contribution in [-0.4, -0.2) is 24.2 Å². The van der Waals surface area contributed by atoms with E-state index in [0.29, 0.717) is 5.56 Å². The van der Waals surface area contributed by atoms with Gasteiger partial charge in [0.15, 0.2) is 5.75 Å². The SMILES string of the molecule is COC(=O)[C@@H](N)Cc1cc(Cl)c(O)c(Cl)c1. The lowest BCUT2D eigenvalue weighted by Crippen LogP contribution is -2.33. The van der Waals surface area contributed by atoms with E-state index in [4.69, 9.17) is 28.9 Å². The molecular formula is C10H11Cl2NO3. The first-order valence-electron chi connectivity index (χ1n) is 4.46. The molecule has 0 aliphatic heterocycles. The van der Waals surface area contributed by atoms with Gasteiger partial charge in [0.2, 0.25) is 0 Å². The number of benzene rings is 1. The fourth-order valence-electron chi connectivity index (χ4n) is 1.22. The number of esters is 1. The number of phenolic OH excluding ortho intramolecular Hbond substituents is 1. The molecule has 0 unspecified atom stereocenters. The Morgan fingerprint density at radius 3 is 2.44 bits per heavy atom. The molecule has 6 heteroatoms. The highest BCUT2D eigenvalue weighted by Crippen LogP contribution is 2.32. The normalized spacial score (nSPS) is 12.2. The van der Waals surface area contributed by atoms with Crippen LogP contribution in [0.4, 0.5) is 0 Å². The molecule has 0 radical (unpaired) electrons. The minimum Gasteiger partial charge on any atom is -0.505 e. The summed E-state index contributed by atoms with van der Waals surface area (Å²) in [6, 6.07) is 2.23. The quantitative estimate of drug-likeness (QED) is 0.815. The molecular weight excluding hydrogens is 253 g/mol. The molecule has 16 heavy (non-hydrogen) atoms. The second-order valence-electron chi connectivity index (χ2n) is 3.24. The van der Waals surface area contributed by atoms with Crippen LogP contribution in [0, 0.1) is 0 Å². The Morgan fingerprint density at radius 1 is 1.50 bits per heavy atom. The van der Waals surface area contributed by atoms with Crippen LogP contribution in [0.15, 0.2) is 12.1 Å². The highest BCUT2D eigenvalue weighted by molar-refractivity contribution is 6.37. The number of hydrogen-bond donors (Lipinski definition) is 2. The van der Waals surface area contributed by atoms with Crippen LogP contribution in [0.2, 0.25) is 10.0 Å². The van der Waals surface area contributed by atoms with Gasteiger partial charge in [-0.3, -0.25) is 4.79 Å². The largest absolute Gasteiger partial charge is 0.505 e. The molecule has 0 spiro atoms. The molecule has 0 heterocycles. The molecule has 1 aromatic carbocycles. The summed E-state index contributed by atoms with van der Waals surface area (Å²) in [6.07, 6.45) is 0.242. The Bertz CT molecular complexity index is 386. The lowest BCUT2D eigenvalue weighted by Gasteiger charge is -2.10. The molecule has 0 aromatic heterocycles. The Hall–Kier alpha value is -0.970. The van der Waals surface area contributed by atoms with E-state index in [1.165, 1.54) is 19.2 Å². The minimum atomic E-state index is -0.776. The summed E-state index contributed by atoms with van der Waals surface area (Å²) in [4.78, 5) is 11.1. The number of carbonyl (C=O) groups excluding carboxylic acids is 1. The van der Waals surface area contributed by atoms with Gasteiger partial charge in [-0.2, -0.15) is 0 Å². The van der Waals surface area contributed by atoms with Crippen molar-refractivity contribution in [1.29, 1.82) is 0 Å². The summed E-state index contributed by atoms with van der Waals surface area (Å²) >= 11 is 11.4. The molecule has 1 atom stereocenters. The van der Waals surface area contributed by atoms with Crippen LogP contribution in [-0.2, 0) is 16.0 Å². The first-order chi connectivity index (χ1) is 7.45. The van der Waals surface area contributed by atoms with Crippen molar-refractivity contribution in [2.45, 2.75) is 12.5 Å². The van der Waals surface area contributed by atoms with Crippen molar-refractivity contribution in [2.75, 3.05) is 7.11 Å². The lowest BCUT2D eigenvalue weighted by atomic mass is 10.1. The summed E-state index contributed by atoms with van der Waals surface area (Å²) in [5.74, 6) is -0.695. The zero-order valence-electron chi connectivity index (χ0n) is 8.54. The van der Waals surface area contributed by atoms with E-state index >= 15 is 0 Å². The van der Waals surface area contributed by atoms with E-state index in [9.17, 15) is 9.90 Å². The molecule has 0 amide bonds. The van der Waals surface area contributed by atoms with Crippen molar-refractivity contribution in [2.24, 2.45) is 5.73 Å².